The Balaban J connectivity index is 4.41. The summed E-state index contributed by atoms with van der Waals surface area (Å²) in [6.07, 6.45) is 2.85. The molecule has 3 nitrogen and oxygen atoms in total. The van der Waals surface area contributed by atoms with E-state index in [1.54, 1.807) is 20.8 Å². The second-order valence-electron chi connectivity index (χ2n) is 3.17. The van der Waals surface area contributed by atoms with Gasteiger partial charge in [-0.2, -0.15) is 0 Å². The number of aliphatic carboxylic acids is 1. The van der Waals surface area contributed by atoms with Crippen LogP contribution >= 0.6 is 0 Å². The van der Waals surface area contributed by atoms with Crippen molar-refractivity contribution in [1.29, 1.82) is 0 Å². The Morgan fingerprint density at radius 2 is 1.92 bits per heavy atom. The quantitative estimate of drug-likeness (QED) is 0.652. The molecule has 3 heteroatoms. The van der Waals surface area contributed by atoms with Crippen molar-refractivity contribution < 1.29 is 14.7 Å². The molecule has 0 amide bonds. The number of carbonyl (C=O) groups excluding carboxylic acids is 1. The SMILES string of the molecule is CCC(=O)C(C)(C)/C=C/C(=O)O. The lowest BCUT2D eigenvalue weighted by Gasteiger charge is -2.16. The van der Waals surface area contributed by atoms with Crippen LogP contribution in [0.2, 0.25) is 0 Å². The minimum Gasteiger partial charge on any atom is -0.478 e. The molecular weight excluding hydrogens is 156 g/mol. The fourth-order valence-electron chi connectivity index (χ4n) is 0.828. The first kappa shape index (κ1) is 10.9. The van der Waals surface area contributed by atoms with Crippen LogP contribution in [0.15, 0.2) is 12.2 Å². The predicted molar refractivity (Wildman–Crippen MR) is 45.9 cm³/mol. The highest BCUT2D eigenvalue weighted by molar-refractivity contribution is 5.88. The summed E-state index contributed by atoms with van der Waals surface area (Å²) >= 11 is 0. The van der Waals surface area contributed by atoms with Gasteiger partial charge in [-0.25, -0.2) is 4.79 Å². The van der Waals surface area contributed by atoms with E-state index in [1.165, 1.54) is 6.08 Å². The zero-order valence-electron chi connectivity index (χ0n) is 7.63. The largest absolute Gasteiger partial charge is 0.478 e. The van der Waals surface area contributed by atoms with E-state index in [1.807, 2.05) is 0 Å². The van der Waals surface area contributed by atoms with Crippen molar-refractivity contribution >= 4 is 11.8 Å². The lowest BCUT2D eigenvalue weighted by molar-refractivity contribution is -0.131. The molecule has 0 fully saturated rings. The highest BCUT2D eigenvalue weighted by Gasteiger charge is 2.22. The molecule has 0 spiro atoms. The first-order valence-electron chi connectivity index (χ1n) is 3.85. The molecule has 0 aromatic carbocycles. The third-order valence-corrected chi connectivity index (χ3v) is 1.68. The summed E-state index contributed by atoms with van der Waals surface area (Å²) in [7, 11) is 0. The third-order valence-electron chi connectivity index (χ3n) is 1.68. The van der Waals surface area contributed by atoms with Gasteiger partial charge in [0.25, 0.3) is 0 Å². The third kappa shape index (κ3) is 3.32. The molecule has 0 aliphatic carbocycles. The molecule has 0 saturated heterocycles. The van der Waals surface area contributed by atoms with Crippen LogP contribution in [0.3, 0.4) is 0 Å². The van der Waals surface area contributed by atoms with Crippen LogP contribution in [-0.2, 0) is 9.59 Å². The van der Waals surface area contributed by atoms with Gasteiger partial charge in [-0.15, -0.1) is 0 Å². The Bertz CT molecular complexity index is 214. The monoisotopic (exact) mass is 170 g/mol. The Kier molecular flexibility index (Phi) is 3.67. The Morgan fingerprint density at radius 3 is 2.25 bits per heavy atom. The van der Waals surface area contributed by atoms with Gasteiger partial charge in [0, 0.05) is 17.9 Å². The number of ketones is 1. The van der Waals surface area contributed by atoms with Gasteiger partial charge in [0.1, 0.15) is 5.78 Å². The van der Waals surface area contributed by atoms with Crippen LogP contribution in [0.4, 0.5) is 0 Å². The molecule has 0 unspecified atom stereocenters. The van der Waals surface area contributed by atoms with Crippen LogP contribution in [0.5, 0.6) is 0 Å². The number of Topliss-reactive ketones (excluding diaryl/α,β-unsaturated/α-hetero) is 1. The first-order valence-corrected chi connectivity index (χ1v) is 3.85. The van der Waals surface area contributed by atoms with E-state index in [4.69, 9.17) is 5.11 Å². The molecule has 0 radical (unpaired) electrons. The summed E-state index contributed by atoms with van der Waals surface area (Å²) in [5.41, 5.74) is -0.660. The molecule has 0 aliphatic heterocycles. The lowest BCUT2D eigenvalue weighted by atomic mass is 9.86. The summed E-state index contributed by atoms with van der Waals surface area (Å²) in [6.45, 7) is 5.18. The average Bonchev–Trinajstić information content (AvgIpc) is 1.99. The molecule has 0 saturated carbocycles. The van der Waals surface area contributed by atoms with Gasteiger partial charge in [0.15, 0.2) is 0 Å². The van der Waals surface area contributed by atoms with Crippen molar-refractivity contribution in [2.75, 3.05) is 0 Å². The van der Waals surface area contributed by atoms with Crippen molar-refractivity contribution in [2.45, 2.75) is 27.2 Å². The molecular formula is C9H14O3. The van der Waals surface area contributed by atoms with E-state index in [-0.39, 0.29) is 5.78 Å². The summed E-state index contributed by atoms with van der Waals surface area (Å²) in [6, 6.07) is 0. The predicted octanol–water partition coefficient (Wildman–Crippen LogP) is 1.63. The van der Waals surface area contributed by atoms with Gasteiger partial charge in [-0.05, 0) is 13.8 Å². The maximum atomic E-state index is 11.2. The van der Waals surface area contributed by atoms with Crippen LogP contribution < -0.4 is 0 Å². The van der Waals surface area contributed by atoms with E-state index in [0.29, 0.717) is 6.42 Å². The Morgan fingerprint density at radius 1 is 1.42 bits per heavy atom. The lowest BCUT2D eigenvalue weighted by Crippen LogP contribution is -2.20. The van der Waals surface area contributed by atoms with Gasteiger partial charge in [0.2, 0.25) is 0 Å². The molecule has 0 heterocycles. The minimum atomic E-state index is -1.02. The van der Waals surface area contributed by atoms with E-state index in [9.17, 15) is 9.59 Å². The van der Waals surface area contributed by atoms with Crippen molar-refractivity contribution in [3.8, 4) is 0 Å². The smallest absolute Gasteiger partial charge is 0.328 e. The Hall–Kier alpha value is -1.12. The van der Waals surface area contributed by atoms with Crippen LogP contribution in [0, 0.1) is 5.41 Å². The van der Waals surface area contributed by atoms with Gasteiger partial charge in [-0.1, -0.05) is 13.0 Å². The highest BCUT2D eigenvalue weighted by atomic mass is 16.4. The molecule has 0 rings (SSSR count). The topological polar surface area (TPSA) is 54.4 Å². The standard InChI is InChI=1S/C9H14O3/c1-4-7(10)9(2,3)6-5-8(11)12/h5-6H,4H2,1-3H3,(H,11,12)/b6-5+. The summed E-state index contributed by atoms with van der Waals surface area (Å²) in [4.78, 5) is 21.4. The molecule has 0 aromatic rings. The maximum Gasteiger partial charge on any atom is 0.328 e. The van der Waals surface area contributed by atoms with Crippen molar-refractivity contribution in [3.05, 3.63) is 12.2 Å². The van der Waals surface area contributed by atoms with Gasteiger partial charge < -0.3 is 5.11 Å². The minimum absolute atomic E-state index is 0.0417. The number of rotatable bonds is 4. The molecule has 12 heavy (non-hydrogen) atoms. The summed E-state index contributed by atoms with van der Waals surface area (Å²) in [5.74, 6) is -0.980. The fourth-order valence-corrected chi connectivity index (χ4v) is 0.828. The van der Waals surface area contributed by atoms with Crippen LogP contribution in [-0.4, -0.2) is 16.9 Å². The molecule has 0 atom stereocenters. The zero-order valence-corrected chi connectivity index (χ0v) is 7.63. The van der Waals surface area contributed by atoms with E-state index >= 15 is 0 Å². The van der Waals surface area contributed by atoms with Gasteiger partial charge >= 0.3 is 5.97 Å². The highest BCUT2D eigenvalue weighted by Crippen LogP contribution is 2.19. The maximum absolute atomic E-state index is 11.2. The van der Waals surface area contributed by atoms with Crippen molar-refractivity contribution in [1.82, 2.24) is 0 Å². The second kappa shape index (κ2) is 4.04. The van der Waals surface area contributed by atoms with Crippen molar-refractivity contribution in [3.63, 3.8) is 0 Å². The zero-order chi connectivity index (χ0) is 9.78. The Labute approximate surface area is 72.1 Å². The molecule has 0 aromatic heterocycles. The molecule has 0 aliphatic rings. The average molecular weight is 170 g/mol. The molecule has 68 valence electrons. The normalized spacial score (nSPS) is 11.9. The van der Waals surface area contributed by atoms with Crippen molar-refractivity contribution in [2.24, 2.45) is 5.41 Å². The number of carbonyl (C=O) groups is 2. The summed E-state index contributed by atoms with van der Waals surface area (Å²) < 4.78 is 0. The number of hydrogen-bond donors (Lipinski definition) is 1. The van der Waals surface area contributed by atoms with E-state index < -0.39 is 11.4 Å². The number of hydrogen-bond acceptors (Lipinski definition) is 2. The second-order valence-corrected chi connectivity index (χ2v) is 3.17. The van der Waals surface area contributed by atoms with Gasteiger partial charge in [-0.3, -0.25) is 4.79 Å². The number of carboxylic acids is 1. The van der Waals surface area contributed by atoms with Crippen LogP contribution in [0.25, 0.3) is 0 Å². The summed E-state index contributed by atoms with van der Waals surface area (Å²) in [5, 5.41) is 8.33. The van der Waals surface area contributed by atoms with Crippen LogP contribution in [0.1, 0.15) is 27.2 Å². The van der Waals surface area contributed by atoms with E-state index in [2.05, 4.69) is 0 Å². The molecule has 1 N–H and O–H groups in total. The first-order chi connectivity index (χ1) is 5.40. The number of allylic oxidation sites excluding steroid dienone is 1. The number of carboxylic acid groups (broad SMARTS) is 1. The molecule has 0 bridgehead atoms. The van der Waals surface area contributed by atoms with Gasteiger partial charge in [0.05, 0.1) is 0 Å². The fraction of sp³-hybridized carbons (Fsp3) is 0.556. The van der Waals surface area contributed by atoms with E-state index in [0.717, 1.165) is 6.08 Å².